The molecule has 0 amide bonds. The second-order valence-electron chi connectivity index (χ2n) is 4.80. The Labute approximate surface area is 120 Å². The van der Waals surface area contributed by atoms with Gasteiger partial charge in [0.25, 0.3) is 0 Å². The summed E-state index contributed by atoms with van der Waals surface area (Å²) in [7, 11) is 0. The molecule has 19 heavy (non-hydrogen) atoms. The minimum absolute atomic E-state index is 0.0820. The minimum Gasteiger partial charge on any atom is -0.476 e. The van der Waals surface area contributed by atoms with Gasteiger partial charge in [-0.1, -0.05) is 41.9 Å². The van der Waals surface area contributed by atoms with Gasteiger partial charge >= 0.3 is 5.97 Å². The molecule has 1 aromatic carbocycles. The first-order chi connectivity index (χ1) is 8.97. The maximum atomic E-state index is 11.1. The van der Waals surface area contributed by atoms with Crippen molar-refractivity contribution in [3.63, 3.8) is 0 Å². The monoisotopic (exact) mass is 322 g/mol. The summed E-state index contributed by atoms with van der Waals surface area (Å²) in [6, 6.07) is 9.38. The zero-order valence-corrected chi connectivity index (χ0v) is 12.4. The van der Waals surface area contributed by atoms with Crippen molar-refractivity contribution >= 4 is 21.9 Å². The highest BCUT2D eigenvalue weighted by molar-refractivity contribution is 9.10. The Bertz CT molecular complexity index is 588. The molecule has 0 aliphatic rings. The Kier molecular flexibility index (Phi) is 4.04. The first-order valence-electron chi connectivity index (χ1n) is 6.04. The quantitative estimate of drug-likeness (QED) is 0.934. The van der Waals surface area contributed by atoms with Gasteiger partial charge in [-0.05, 0) is 29.7 Å². The van der Waals surface area contributed by atoms with Crippen molar-refractivity contribution in [1.29, 1.82) is 0 Å². The number of aromatic carboxylic acids is 1. The van der Waals surface area contributed by atoms with Gasteiger partial charge in [-0.15, -0.1) is 0 Å². The van der Waals surface area contributed by atoms with E-state index in [2.05, 4.69) is 34.9 Å². The average Bonchev–Trinajstić information content (AvgIpc) is 2.73. The summed E-state index contributed by atoms with van der Waals surface area (Å²) in [4.78, 5) is 11.1. The molecule has 1 N–H and O–H groups in total. The second-order valence-corrected chi connectivity index (χ2v) is 5.72. The number of carboxylic acid groups (broad SMARTS) is 1. The SMILES string of the molecule is CC(C)Cn1nc(C(=O)O)cc1-c1ccc(Br)cc1. The first-order valence-corrected chi connectivity index (χ1v) is 6.83. The number of aromatic nitrogens is 2. The van der Waals surface area contributed by atoms with Crippen LogP contribution in [0.25, 0.3) is 11.3 Å². The molecular formula is C14H15BrN2O2. The zero-order valence-electron chi connectivity index (χ0n) is 10.8. The molecule has 4 nitrogen and oxygen atoms in total. The molecule has 100 valence electrons. The second kappa shape index (κ2) is 5.57. The van der Waals surface area contributed by atoms with E-state index in [4.69, 9.17) is 5.11 Å². The molecule has 1 heterocycles. The highest BCUT2D eigenvalue weighted by Gasteiger charge is 2.15. The lowest BCUT2D eigenvalue weighted by molar-refractivity contribution is 0.0689. The predicted molar refractivity (Wildman–Crippen MR) is 77.2 cm³/mol. The van der Waals surface area contributed by atoms with Gasteiger partial charge in [0.05, 0.1) is 5.69 Å². The summed E-state index contributed by atoms with van der Waals surface area (Å²) in [6.07, 6.45) is 0. The van der Waals surface area contributed by atoms with E-state index in [1.807, 2.05) is 24.3 Å². The van der Waals surface area contributed by atoms with E-state index in [-0.39, 0.29) is 5.69 Å². The van der Waals surface area contributed by atoms with E-state index in [1.54, 1.807) is 10.7 Å². The number of halogens is 1. The Morgan fingerprint density at radius 2 is 2.00 bits per heavy atom. The van der Waals surface area contributed by atoms with Crippen molar-refractivity contribution in [2.24, 2.45) is 5.92 Å². The van der Waals surface area contributed by atoms with Gasteiger partial charge in [0, 0.05) is 11.0 Å². The molecule has 0 atom stereocenters. The predicted octanol–water partition coefficient (Wildman–Crippen LogP) is 3.67. The van der Waals surface area contributed by atoms with Crippen molar-refractivity contribution in [2.45, 2.75) is 20.4 Å². The zero-order chi connectivity index (χ0) is 14.0. The fourth-order valence-electron chi connectivity index (χ4n) is 1.86. The molecule has 0 unspecified atom stereocenters. The molecule has 0 bridgehead atoms. The molecule has 1 aromatic heterocycles. The Morgan fingerprint density at radius 3 is 2.53 bits per heavy atom. The van der Waals surface area contributed by atoms with Gasteiger partial charge in [-0.25, -0.2) is 4.79 Å². The number of nitrogens with zero attached hydrogens (tertiary/aromatic N) is 2. The summed E-state index contributed by atoms with van der Waals surface area (Å²) in [5.74, 6) is -0.600. The largest absolute Gasteiger partial charge is 0.476 e. The van der Waals surface area contributed by atoms with Crippen molar-refractivity contribution in [2.75, 3.05) is 0 Å². The van der Waals surface area contributed by atoms with Crippen LogP contribution in [0.15, 0.2) is 34.8 Å². The van der Waals surface area contributed by atoms with Gasteiger partial charge < -0.3 is 5.11 Å². The molecule has 0 saturated heterocycles. The summed E-state index contributed by atoms with van der Waals surface area (Å²) in [5.41, 5.74) is 1.88. The van der Waals surface area contributed by atoms with E-state index in [0.717, 1.165) is 15.7 Å². The van der Waals surface area contributed by atoms with Crippen molar-refractivity contribution < 1.29 is 9.90 Å². The lowest BCUT2D eigenvalue weighted by Crippen LogP contribution is -2.09. The number of hydrogen-bond donors (Lipinski definition) is 1. The van der Waals surface area contributed by atoms with Crippen LogP contribution in [0.2, 0.25) is 0 Å². The van der Waals surface area contributed by atoms with Crippen LogP contribution in [0.4, 0.5) is 0 Å². The van der Waals surface area contributed by atoms with Crippen LogP contribution >= 0.6 is 15.9 Å². The Morgan fingerprint density at radius 1 is 1.37 bits per heavy atom. The molecule has 0 saturated carbocycles. The Hall–Kier alpha value is -1.62. The molecular weight excluding hydrogens is 308 g/mol. The molecule has 0 spiro atoms. The number of benzene rings is 1. The number of carbonyl (C=O) groups is 1. The topological polar surface area (TPSA) is 55.1 Å². The first kappa shape index (κ1) is 13.8. The highest BCUT2D eigenvalue weighted by atomic mass is 79.9. The lowest BCUT2D eigenvalue weighted by atomic mass is 10.1. The number of carboxylic acids is 1. The molecule has 5 heteroatoms. The molecule has 0 fully saturated rings. The highest BCUT2D eigenvalue weighted by Crippen LogP contribution is 2.23. The number of rotatable bonds is 4. The van der Waals surface area contributed by atoms with Gasteiger partial charge in [-0.3, -0.25) is 4.68 Å². The van der Waals surface area contributed by atoms with Crippen LogP contribution in [0.1, 0.15) is 24.3 Å². The van der Waals surface area contributed by atoms with E-state index < -0.39 is 5.97 Å². The summed E-state index contributed by atoms with van der Waals surface area (Å²) >= 11 is 3.39. The van der Waals surface area contributed by atoms with Gasteiger partial charge in [0.1, 0.15) is 0 Å². The fraction of sp³-hybridized carbons (Fsp3) is 0.286. The minimum atomic E-state index is -0.999. The third-order valence-corrected chi connectivity index (χ3v) is 3.21. The molecule has 2 rings (SSSR count). The molecule has 0 aliphatic heterocycles. The third kappa shape index (κ3) is 3.23. The van der Waals surface area contributed by atoms with Crippen LogP contribution < -0.4 is 0 Å². The smallest absolute Gasteiger partial charge is 0.356 e. The van der Waals surface area contributed by atoms with Crippen molar-refractivity contribution in [3.8, 4) is 11.3 Å². The van der Waals surface area contributed by atoms with Gasteiger partial charge in [-0.2, -0.15) is 5.10 Å². The lowest BCUT2D eigenvalue weighted by Gasteiger charge is -2.09. The van der Waals surface area contributed by atoms with E-state index in [0.29, 0.717) is 12.5 Å². The third-order valence-electron chi connectivity index (χ3n) is 2.68. The van der Waals surface area contributed by atoms with Crippen LogP contribution in [0, 0.1) is 5.92 Å². The Balaban J connectivity index is 2.47. The van der Waals surface area contributed by atoms with Crippen LogP contribution in [-0.4, -0.2) is 20.9 Å². The van der Waals surface area contributed by atoms with Gasteiger partial charge in [0.2, 0.25) is 0 Å². The van der Waals surface area contributed by atoms with Crippen molar-refractivity contribution in [1.82, 2.24) is 9.78 Å². The molecule has 2 aromatic rings. The van der Waals surface area contributed by atoms with Crippen LogP contribution in [-0.2, 0) is 6.54 Å². The van der Waals surface area contributed by atoms with Crippen LogP contribution in [0.5, 0.6) is 0 Å². The maximum Gasteiger partial charge on any atom is 0.356 e. The van der Waals surface area contributed by atoms with E-state index >= 15 is 0 Å². The summed E-state index contributed by atoms with van der Waals surface area (Å²) < 4.78 is 2.75. The fourth-order valence-corrected chi connectivity index (χ4v) is 2.12. The molecule has 0 radical (unpaired) electrons. The number of hydrogen-bond acceptors (Lipinski definition) is 2. The normalized spacial score (nSPS) is 10.9. The van der Waals surface area contributed by atoms with Gasteiger partial charge in [0.15, 0.2) is 5.69 Å². The standard InChI is InChI=1S/C14H15BrN2O2/c1-9(2)8-17-13(7-12(16-17)14(18)19)10-3-5-11(15)6-4-10/h3-7,9H,8H2,1-2H3,(H,18,19). The van der Waals surface area contributed by atoms with Crippen molar-refractivity contribution in [3.05, 3.63) is 40.5 Å². The summed E-state index contributed by atoms with van der Waals surface area (Å²) in [5, 5.41) is 13.2. The van der Waals surface area contributed by atoms with Crippen LogP contribution in [0.3, 0.4) is 0 Å². The maximum absolute atomic E-state index is 11.1. The molecule has 0 aliphatic carbocycles. The average molecular weight is 323 g/mol. The van der Waals surface area contributed by atoms with E-state index in [1.165, 1.54) is 0 Å². The van der Waals surface area contributed by atoms with E-state index in [9.17, 15) is 4.79 Å². The summed E-state index contributed by atoms with van der Waals surface area (Å²) in [6.45, 7) is 4.85.